The van der Waals surface area contributed by atoms with E-state index in [1.165, 1.54) is 16.4 Å². The lowest BCUT2D eigenvalue weighted by molar-refractivity contribution is -0.385. The first-order valence-corrected chi connectivity index (χ1v) is 9.88. The number of rotatable bonds is 8. The van der Waals surface area contributed by atoms with E-state index in [1.54, 1.807) is 20.1 Å². The topological polar surface area (TPSA) is 105 Å². The Bertz CT molecular complexity index is 954. The molecule has 2 aromatic rings. The number of hydrazone groups is 1. The van der Waals surface area contributed by atoms with Gasteiger partial charge in [0.15, 0.2) is 0 Å². The highest BCUT2D eigenvalue weighted by Gasteiger charge is 2.27. The Morgan fingerprint density at radius 2 is 1.85 bits per heavy atom. The number of anilines is 1. The molecule has 0 fully saturated rings. The van der Waals surface area contributed by atoms with Crippen LogP contribution in [0.3, 0.4) is 0 Å². The van der Waals surface area contributed by atoms with Crippen LogP contribution in [0.4, 0.5) is 11.4 Å². The van der Waals surface area contributed by atoms with Gasteiger partial charge in [0.1, 0.15) is 4.90 Å². The Hall–Kier alpha value is -2.78. The number of non-ortho nitro benzene ring substituents is 1. The molecule has 0 heterocycles. The van der Waals surface area contributed by atoms with Gasteiger partial charge in [0.2, 0.25) is 10.0 Å². The fourth-order valence-corrected chi connectivity index (χ4v) is 4.16. The van der Waals surface area contributed by atoms with Crippen LogP contribution in [0.25, 0.3) is 0 Å². The molecule has 144 valence electrons. The van der Waals surface area contributed by atoms with E-state index in [9.17, 15) is 18.5 Å². The van der Waals surface area contributed by atoms with Crippen molar-refractivity contribution in [3.8, 4) is 0 Å². The largest absolute Gasteiger partial charge is 0.277 e. The van der Waals surface area contributed by atoms with Gasteiger partial charge >= 0.3 is 0 Å². The number of hydrogen-bond acceptors (Lipinski definition) is 6. The Morgan fingerprint density at radius 1 is 1.19 bits per heavy atom. The van der Waals surface area contributed by atoms with Crippen molar-refractivity contribution < 1.29 is 13.3 Å². The van der Waals surface area contributed by atoms with Crippen LogP contribution in [0.1, 0.15) is 25.0 Å². The van der Waals surface area contributed by atoms with Crippen molar-refractivity contribution in [1.29, 1.82) is 0 Å². The molecular formula is C18H22N4O4S. The highest BCUT2D eigenvalue weighted by Crippen LogP contribution is 2.29. The van der Waals surface area contributed by atoms with E-state index in [4.69, 9.17) is 0 Å². The zero-order valence-corrected chi connectivity index (χ0v) is 16.2. The number of hydrogen-bond donors (Lipinski definition) is 1. The minimum atomic E-state index is -3.90. The van der Waals surface area contributed by atoms with Crippen LogP contribution in [0.5, 0.6) is 0 Å². The van der Waals surface area contributed by atoms with Crippen molar-refractivity contribution >= 4 is 27.6 Å². The standard InChI is InChI=1S/C18H22N4O4S/c1-4-21(5-2)27(25,26)18-12-16(22(23)24)10-11-17(18)20-19-13-15-9-7-6-8-14(15)3/h6-13,20H,4-5H2,1-3H3/b19-13+. The molecule has 1 N–H and O–H groups in total. The van der Waals surface area contributed by atoms with E-state index >= 15 is 0 Å². The Labute approximate surface area is 158 Å². The second-order valence-corrected chi connectivity index (χ2v) is 7.66. The van der Waals surface area contributed by atoms with Crippen LogP contribution in [0.2, 0.25) is 0 Å². The van der Waals surface area contributed by atoms with E-state index in [0.29, 0.717) is 0 Å². The van der Waals surface area contributed by atoms with Crippen LogP contribution in [-0.4, -0.2) is 37.0 Å². The van der Waals surface area contributed by atoms with Crippen LogP contribution < -0.4 is 5.43 Å². The van der Waals surface area contributed by atoms with Crippen LogP contribution in [0.15, 0.2) is 52.5 Å². The molecule has 0 spiro atoms. The maximum atomic E-state index is 12.9. The number of nitrogens with zero attached hydrogens (tertiary/aromatic N) is 3. The fourth-order valence-electron chi connectivity index (χ4n) is 2.54. The maximum Gasteiger partial charge on any atom is 0.270 e. The maximum absolute atomic E-state index is 12.9. The molecular weight excluding hydrogens is 368 g/mol. The Morgan fingerprint density at radius 3 is 2.44 bits per heavy atom. The third kappa shape index (κ3) is 4.69. The van der Waals surface area contributed by atoms with E-state index in [2.05, 4.69) is 10.5 Å². The van der Waals surface area contributed by atoms with Crippen LogP contribution >= 0.6 is 0 Å². The number of nitro groups is 1. The zero-order valence-electron chi connectivity index (χ0n) is 15.4. The number of nitro benzene ring substituents is 1. The predicted octanol–water partition coefficient (Wildman–Crippen LogP) is 3.38. The van der Waals surface area contributed by atoms with Gasteiger partial charge in [-0.1, -0.05) is 38.1 Å². The average molecular weight is 390 g/mol. The molecule has 0 atom stereocenters. The highest BCUT2D eigenvalue weighted by atomic mass is 32.2. The van der Waals surface area contributed by atoms with Crippen LogP contribution in [0, 0.1) is 17.0 Å². The van der Waals surface area contributed by atoms with Crippen molar-refractivity contribution in [3.63, 3.8) is 0 Å². The monoisotopic (exact) mass is 390 g/mol. The smallest absolute Gasteiger partial charge is 0.270 e. The molecule has 0 radical (unpaired) electrons. The summed E-state index contributed by atoms with van der Waals surface area (Å²) in [4.78, 5) is 10.3. The molecule has 9 heteroatoms. The average Bonchev–Trinajstić information content (AvgIpc) is 2.64. The van der Waals surface area contributed by atoms with Crippen molar-refractivity contribution in [2.45, 2.75) is 25.7 Å². The van der Waals surface area contributed by atoms with Gasteiger partial charge in [0.25, 0.3) is 5.69 Å². The predicted molar refractivity (Wildman–Crippen MR) is 106 cm³/mol. The minimum Gasteiger partial charge on any atom is -0.277 e. The molecule has 27 heavy (non-hydrogen) atoms. The normalized spacial score (nSPS) is 11.9. The van der Waals surface area contributed by atoms with E-state index < -0.39 is 14.9 Å². The SMILES string of the molecule is CCN(CC)S(=O)(=O)c1cc([N+](=O)[O-])ccc1N/N=C/c1ccccc1C. The van der Waals surface area contributed by atoms with Gasteiger partial charge < -0.3 is 0 Å². The fraction of sp³-hybridized carbons (Fsp3) is 0.278. The Balaban J connectivity index is 2.44. The van der Waals surface area contributed by atoms with Gasteiger partial charge in [-0.25, -0.2) is 8.42 Å². The third-order valence-corrected chi connectivity index (χ3v) is 6.17. The lowest BCUT2D eigenvalue weighted by Gasteiger charge is -2.20. The molecule has 0 aliphatic heterocycles. The molecule has 0 aliphatic rings. The number of nitrogens with one attached hydrogen (secondary N) is 1. The summed E-state index contributed by atoms with van der Waals surface area (Å²) in [5.41, 5.74) is 4.48. The Kier molecular flexibility index (Phi) is 6.65. The summed E-state index contributed by atoms with van der Waals surface area (Å²) in [6.07, 6.45) is 1.57. The van der Waals surface area contributed by atoms with Crippen molar-refractivity contribution in [1.82, 2.24) is 4.31 Å². The first-order chi connectivity index (χ1) is 12.8. The number of aryl methyl sites for hydroxylation is 1. The molecule has 0 amide bonds. The summed E-state index contributed by atoms with van der Waals surface area (Å²) in [7, 11) is -3.90. The van der Waals surface area contributed by atoms with Gasteiger partial charge in [-0.3, -0.25) is 15.5 Å². The van der Waals surface area contributed by atoms with Gasteiger partial charge in [-0.05, 0) is 24.1 Å². The summed E-state index contributed by atoms with van der Waals surface area (Å²) in [5.74, 6) is 0. The van der Waals surface area contributed by atoms with Crippen molar-refractivity contribution in [3.05, 3.63) is 63.7 Å². The van der Waals surface area contributed by atoms with Gasteiger partial charge in [-0.15, -0.1) is 0 Å². The second kappa shape index (κ2) is 8.74. The minimum absolute atomic E-state index is 0.178. The van der Waals surface area contributed by atoms with E-state index in [-0.39, 0.29) is 29.4 Å². The molecule has 0 saturated carbocycles. The number of benzene rings is 2. The lowest BCUT2D eigenvalue weighted by atomic mass is 10.1. The molecule has 0 aromatic heterocycles. The summed E-state index contributed by atoms with van der Waals surface area (Å²) < 4.78 is 27.0. The van der Waals surface area contributed by atoms with Crippen LogP contribution in [-0.2, 0) is 10.0 Å². The summed E-state index contributed by atoms with van der Waals surface area (Å²) in [6.45, 7) is 5.87. The summed E-state index contributed by atoms with van der Waals surface area (Å²) in [6, 6.07) is 11.2. The molecule has 0 bridgehead atoms. The molecule has 2 rings (SSSR count). The van der Waals surface area contributed by atoms with Gasteiger partial charge in [-0.2, -0.15) is 9.41 Å². The van der Waals surface area contributed by atoms with Gasteiger partial charge in [0.05, 0.1) is 16.8 Å². The third-order valence-electron chi connectivity index (χ3n) is 4.08. The van der Waals surface area contributed by atoms with Crippen molar-refractivity contribution in [2.24, 2.45) is 5.10 Å². The van der Waals surface area contributed by atoms with Crippen molar-refractivity contribution in [2.75, 3.05) is 18.5 Å². The summed E-state index contributed by atoms with van der Waals surface area (Å²) >= 11 is 0. The second-order valence-electron chi connectivity index (χ2n) is 5.75. The molecule has 2 aromatic carbocycles. The first-order valence-electron chi connectivity index (χ1n) is 8.44. The van der Waals surface area contributed by atoms with Gasteiger partial charge in [0, 0.05) is 25.2 Å². The summed E-state index contributed by atoms with van der Waals surface area (Å²) in [5, 5.41) is 15.2. The first kappa shape index (κ1) is 20.5. The molecule has 0 aliphatic carbocycles. The quantitative estimate of drug-likeness (QED) is 0.423. The molecule has 0 saturated heterocycles. The lowest BCUT2D eigenvalue weighted by Crippen LogP contribution is -2.31. The van der Waals surface area contributed by atoms with E-state index in [0.717, 1.165) is 17.2 Å². The van der Waals surface area contributed by atoms with E-state index in [1.807, 2.05) is 31.2 Å². The molecule has 8 nitrogen and oxygen atoms in total. The zero-order chi connectivity index (χ0) is 20.0. The molecule has 0 unspecified atom stereocenters. The number of sulfonamides is 1. The highest BCUT2D eigenvalue weighted by molar-refractivity contribution is 7.89.